The summed E-state index contributed by atoms with van der Waals surface area (Å²) in [6, 6.07) is 10.3. The van der Waals surface area contributed by atoms with Crippen molar-refractivity contribution in [2.24, 2.45) is 0 Å². The monoisotopic (exact) mass is 403 g/mol. The number of rotatable bonds is 4. The van der Waals surface area contributed by atoms with Gasteiger partial charge in [-0.25, -0.2) is 0 Å². The van der Waals surface area contributed by atoms with Gasteiger partial charge in [0.1, 0.15) is 5.60 Å². The predicted molar refractivity (Wildman–Crippen MR) is 102 cm³/mol. The molecule has 1 amide bonds. The third-order valence-electron chi connectivity index (χ3n) is 4.21. The van der Waals surface area contributed by atoms with Gasteiger partial charge in [0.05, 0.1) is 12.1 Å². The van der Waals surface area contributed by atoms with Crippen LogP contribution in [-0.4, -0.2) is 24.7 Å². The van der Waals surface area contributed by atoms with Gasteiger partial charge in [-0.2, -0.15) is 13.2 Å². The van der Waals surface area contributed by atoms with Crippen LogP contribution in [0.25, 0.3) is 0 Å². The quantitative estimate of drug-likeness (QED) is 0.786. The predicted octanol–water partition coefficient (Wildman–Crippen LogP) is 3.97. The Kier molecular flexibility index (Phi) is 5.73. The van der Waals surface area contributed by atoms with Crippen LogP contribution >= 0.6 is 0 Å². The summed E-state index contributed by atoms with van der Waals surface area (Å²) in [4.78, 5) is 11.9. The molecule has 0 spiro atoms. The highest BCUT2D eigenvalue weighted by Crippen LogP contribution is 2.41. The van der Waals surface area contributed by atoms with Crippen molar-refractivity contribution in [3.63, 3.8) is 0 Å². The number of para-hydroxylation sites is 1. The number of fused-ring (bicyclic) bond motifs is 1. The molecule has 1 heterocycles. The van der Waals surface area contributed by atoms with Crippen LogP contribution < -0.4 is 14.8 Å². The van der Waals surface area contributed by atoms with Crippen LogP contribution in [0.4, 0.5) is 13.2 Å². The number of nitrogens with one attached hydrogen (secondary N) is 1. The average Bonchev–Trinajstić information content (AvgIpc) is 2.97. The molecule has 2 aromatic rings. The first kappa shape index (κ1) is 20.6. The molecule has 7 heteroatoms. The van der Waals surface area contributed by atoms with Crippen LogP contribution in [0, 0.1) is 11.8 Å². The maximum absolute atomic E-state index is 12.7. The number of alkyl halides is 3. The summed E-state index contributed by atoms with van der Waals surface area (Å²) < 4.78 is 49.5. The van der Waals surface area contributed by atoms with Crippen LogP contribution in [0.2, 0.25) is 0 Å². The van der Waals surface area contributed by atoms with Crippen molar-refractivity contribution in [2.75, 3.05) is 13.2 Å². The van der Waals surface area contributed by atoms with Gasteiger partial charge in [0.2, 0.25) is 0 Å². The highest BCUT2D eigenvalue weighted by molar-refractivity contribution is 5.78. The molecule has 0 atom stereocenters. The van der Waals surface area contributed by atoms with E-state index in [0.29, 0.717) is 11.5 Å². The Morgan fingerprint density at radius 2 is 2.00 bits per heavy atom. The lowest BCUT2D eigenvalue weighted by Gasteiger charge is -2.18. The molecule has 1 aliphatic rings. The molecule has 0 bridgehead atoms. The zero-order valence-corrected chi connectivity index (χ0v) is 16.0. The molecule has 0 saturated heterocycles. The summed E-state index contributed by atoms with van der Waals surface area (Å²) in [5, 5.41) is 2.55. The summed E-state index contributed by atoms with van der Waals surface area (Å²) in [7, 11) is 0. The molecule has 1 aliphatic heterocycles. The number of benzene rings is 2. The van der Waals surface area contributed by atoms with Gasteiger partial charge < -0.3 is 14.8 Å². The first-order valence-electron chi connectivity index (χ1n) is 9.01. The number of amides is 1. The fourth-order valence-electron chi connectivity index (χ4n) is 2.96. The zero-order valence-electron chi connectivity index (χ0n) is 16.0. The third-order valence-corrected chi connectivity index (χ3v) is 4.21. The summed E-state index contributed by atoms with van der Waals surface area (Å²) in [5.74, 6) is 5.99. The van der Waals surface area contributed by atoms with Crippen LogP contribution in [0.15, 0.2) is 42.5 Å². The van der Waals surface area contributed by atoms with Crippen LogP contribution in [0.3, 0.4) is 0 Å². The number of carbonyl (C=O) groups is 1. The van der Waals surface area contributed by atoms with Gasteiger partial charge >= 0.3 is 6.18 Å². The number of hydrogen-bond acceptors (Lipinski definition) is 3. The van der Waals surface area contributed by atoms with Crippen LogP contribution in [-0.2, 0) is 17.4 Å². The summed E-state index contributed by atoms with van der Waals surface area (Å²) in [6.45, 7) is 3.74. The molecule has 1 N–H and O–H groups in total. The van der Waals surface area contributed by atoms with E-state index in [2.05, 4.69) is 17.2 Å². The molecule has 4 nitrogen and oxygen atoms in total. The number of hydrogen-bond donors (Lipinski definition) is 1. The molecule has 0 unspecified atom stereocenters. The highest BCUT2D eigenvalue weighted by Gasteiger charge is 2.32. The second-order valence-corrected chi connectivity index (χ2v) is 7.23. The molecule has 152 valence electrons. The van der Waals surface area contributed by atoms with E-state index < -0.39 is 17.6 Å². The summed E-state index contributed by atoms with van der Waals surface area (Å²) in [5.41, 5.74) is 0.176. The van der Waals surface area contributed by atoms with Gasteiger partial charge in [0.25, 0.3) is 5.91 Å². The molecule has 3 rings (SSSR count). The summed E-state index contributed by atoms with van der Waals surface area (Å²) >= 11 is 0. The molecule has 0 aromatic heterocycles. The molecule has 0 fully saturated rings. The Morgan fingerprint density at radius 3 is 2.76 bits per heavy atom. The van der Waals surface area contributed by atoms with Crippen molar-refractivity contribution in [3.05, 3.63) is 59.2 Å². The van der Waals surface area contributed by atoms with Crippen molar-refractivity contribution >= 4 is 5.91 Å². The molecule has 2 aromatic carbocycles. The molecule has 0 saturated carbocycles. The second kappa shape index (κ2) is 8.08. The maximum Gasteiger partial charge on any atom is 0.416 e. The van der Waals surface area contributed by atoms with Gasteiger partial charge in [0.15, 0.2) is 18.1 Å². The number of halogens is 3. The minimum absolute atomic E-state index is 0.00509. The lowest BCUT2D eigenvalue weighted by atomic mass is 10.0. The van der Waals surface area contributed by atoms with Crippen LogP contribution in [0.5, 0.6) is 11.5 Å². The topological polar surface area (TPSA) is 47.6 Å². The van der Waals surface area contributed by atoms with Crippen molar-refractivity contribution < 1.29 is 27.4 Å². The van der Waals surface area contributed by atoms with E-state index in [1.54, 1.807) is 6.07 Å². The normalized spacial score (nSPS) is 14.2. The third kappa shape index (κ3) is 5.44. The van der Waals surface area contributed by atoms with Gasteiger partial charge in [-0.05, 0) is 38.1 Å². The molecule has 0 aliphatic carbocycles. The van der Waals surface area contributed by atoms with Crippen molar-refractivity contribution in [1.82, 2.24) is 5.32 Å². The van der Waals surface area contributed by atoms with E-state index in [1.165, 1.54) is 12.1 Å². The van der Waals surface area contributed by atoms with Crippen molar-refractivity contribution in [2.45, 2.75) is 32.0 Å². The maximum atomic E-state index is 12.7. The Labute approximate surface area is 167 Å². The average molecular weight is 403 g/mol. The van der Waals surface area contributed by atoms with Crippen molar-refractivity contribution in [3.8, 4) is 23.3 Å². The lowest BCUT2D eigenvalue weighted by Crippen LogP contribution is -2.29. The van der Waals surface area contributed by atoms with Gasteiger partial charge in [0, 0.05) is 17.5 Å². The lowest BCUT2D eigenvalue weighted by molar-refractivity contribution is -0.137. The summed E-state index contributed by atoms with van der Waals surface area (Å²) in [6.07, 6.45) is -3.66. The van der Waals surface area contributed by atoms with Crippen LogP contribution in [0.1, 0.15) is 30.5 Å². The standard InChI is InChI=1S/C22H20F3NO3/c1-21(2)13-16-8-4-10-18(20(16)29-21)28-14-19(27)26-11-5-7-15-6-3-9-17(12-15)22(23,24)25/h3-4,6,8-10,12H,11,13-14H2,1-2H3,(H,26,27). The van der Waals surface area contributed by atoms with E-state index in [-0.39, 0.29) is 24.3 Å². The number of carbonyl (C=O) groups excluding carboxylic acids is 1. The first-order valence-corrected chi connectivity index (χ1v) is 9.01. The smallest absolute Gasteiger partial charge is 0.416 e. The SMILES string of the molecule is CC1(C)Cc2cccc(OCC(=O)NCC#Cc3cccc(C(F)(F)F)c3)c2O1. The van der Waals surface area contributed by atoms with E-state index in [0.717, 1.165) is 24.1 Å². The number of ether oxygens (including phenoxy) is 2. The Balaban J connectivity index is 1.51. The second-order valence-electron chi connectivity index (χ2n) is 7.23. The Hall–Kier alpha value is -3.14. The highest BCUT2D eigenvalue weighted by atomic mass is 19.4. The van der Waals surface area contributed by atoms with Gasteiger partial charge in [-0.1, -0.05) is 30.0 Å². The molecular weight excluding hydrogens is 383 g/mol. The zero-order chi connectivity index (χ0) is 21.1. The van der Waals surface area contributed by atoms with Gasteiger partial charge in [-0.15, -0.1) is 0 Å². The first-order chi connectivity index (χ1) is 13.6. The molecular formula is C22H20F3NO3. The minimum atomic E-state index is -4.42. The fraction of sp³-hybridized carbons (Fsp3) is 0.318. The Morgan fingerprint density at radius 1 is 1.24 bits per heavy atom. The Bertz CT molecular complexity index is 971. The molecule has 29 heavy (non-hydrogen) atoms. The minimum Gasteiger partial charge on any atom is -0.483 e. The van der Waals surface area contributed by atoms with Crippen molar-refractivity contribution in [1.29, 1.82) is 0 Å². The fourth-order valence-corrected chi connectivity index (χ4v) is 2.96. The largest absolute Gasteiger partial charge is 0.483 e. The van der Waals surface area contributed by atoms with Gasteiger partial charge in [-0.3, -0.25) is 4.79 Å². The van der Waals surface area contributed by atoms with E-state index >= 15 is 0 Å². The van der Waals surface area contributed by atoms with E-state index in [4.69, 9.17) is 9.47 Å². The van der Waals surface area contributed by atoms with E-state index in [1.807, 2.05) is 26.0 Å². The molecule has 0 radical (unpaired) electrons. The van der Waals surface area contributed by atoms with E-state index in [9.17, 15) is 18.0 Å².